The van der Waals surface area contributed by atoms with Crippen molar-refractivity contribution >= 4 is 35.3 Å². The maximum atomic E-state index is 12.7. The molecular formula is C19H27Cl2N5O. The number of hydrogen-bond donors (Lipinski definition) is 5. The summed E-state index contributed by atoms with van der Waals surface area (Å²) >= 11 is 12.0. The van der Waals surface area contributed by atoms with E-state index in [2.05, 4.69) is 21.3 Å². The van der Waals surface area contributed by atoms with E-state index in [-0.39, 0.29) is 5.91 Å². The van der Waals surface area contributed by atoms with Crippen molar-refractivity contribution < 1.29 is 4.79 Å². The van der Waals surface area contributed by atoms with Crippen LogP contribution in [0.1, 0.15) is 26.3 Å². The quantitative estimate of drug-likeness (QED) is 0.232. The van der Waals surface area contributed by atoms with Crippen molar-refractivity contribution in [2.24, 2.45) is 0 Å². The Morgan fingerprint density at radius 3 is 2.37 bits per heavy atom. The van der Waals surface area contributed by atoms with Gasteiger partial charge in [0.05, 0.1) is 10.0 Å². The number of benzene rings is 1. The molecule has 5 N–H and O–H groups in total. The average molecular weight is 412 g/mol. The molecular weight excluding hydrogens is 385 g/mol. The van der Waals surface area contributed by atoms with Gasteiger partial charge < -0.3 is 26.7 Å². The minimum absolute atomic E-state index is 0.301. The van der Waals surface area contributed by atoms with Crippen molar-refractivity contribution in [1.29, 1.82) is 5.41 Å². The van der Waals surface area contributed by atoms with Gasteiger partial charge in [-0.1, -0.05) is 29.3 Å². The summed E-state index contributed by atoms with van der Waals surface area (Å²) in [6.07, 6.45) is 1.16. The number of nitrogens with one attached hydrogen (secondary N) is 5. The van der Waals surface area contributed by atoms with Gasteiger partial charge in [-0.2, -0.15) is 0 Å². The molecule has 0 heterocycles. The molecule has 0 aromatic heterocycles. The van der Waals surface area contributed by atoms with E-state index in [0.717, 1.165) is 17.4 Å². The lowest BCUT2D eigenvalue weighted by molar-refractivity contribution is -0.117. The summed E-state index contributed by atoms with van der Waals surface area (Å²) in [7, 11) is 1.84. The maximum Gasteiger partial charge on any atom is 0.273 e. The molecule has 0 aliphatic carbocycles. The van der Waals surface area contributed by atoms with Crippen LogP contribution in [0.4, 0.5) is 0 Å². The Labute approximate surface area is 170 Å². The second kappa shape index (κ2) is 11.6. The van der Waals surface area contributed by atoms with Crippen molar-refractivity contribution in [2.45, 2.75) is 27.3 Å². The summed E-state index contributed by atoms with van der Waals surface area (Å²) in [6.45, 7) is 7.28. The predicted octanol–water partition coefficient (Wildman–Crippen LogP) is 3.18. The molecule has 8 heteroatoms. The molecule has 0 unspecified atom stereocenters. The monoisotopic (exact) mass is 411 g/mol. The molecule has 0 saturated carbocycles. The fourth-order valence-electron chi connectivity index (χ4n) is 2.15. The van der Waals surface area contributed by atoms with Crippen molar-refractivity contribution in [2.75, 3.05) is 20.1 Å². The Hall–Kier alpha value is -2.02. The molecule has 1 rings (SSSR count). The first kappa shape index (κ1) is 23.0. The van der Waals surface area contributed by atoms with Gasteiger partial charge in [-0.15, -0.1) is 0 Å². The van der Waals surface area contributed by atoms with Crippen LogP contribution in [0, 0.1) is 5.41 Å². The smallest absolute Gasteiger partial charge is 0.273 e. The Bertz CT molecular complexity index is 740. The third-order valence-corrected chi connectivity index (χ3v) is 4.45. The van der Waals surface area contributed by atoms with E-state index in [4.69, 9.17) is 28.6 Å². The van der Waals surface area contributed by atoms with Gasteiger partial charge in [0.25, 0.3) is 5.91 Å². The Kier molecular flexibility index (Phi) is 9.93. The summed E-state index contributed by atoms with van der Waals surface area (Å²) in [5.74, 6) is 0.307. The van der Waals surface area contributed by atoms with E-state index >= 15 is 0 Å². The van der Waals surface area contributed by atoms with Gasteiger partial charge in [-0.3, -0.25) is 4.79 Å². The van der Waals surface area contributed by atoms with Crippen molar-refractivity contribution in [3.05, 3.63) is 56.5 Å². The summed E-state index contributed by atoms with van der Waals surface area (Å²) in [4.78, 5) is 12.7. The minimum atomic E-state index is -0.301. The number of rotatable bonds is 10. The van der Waals surface area contributed by atoms with Crippen molar-refractivity contribution in [3.8, 4) is 0 Å². The Morgan fingerprint density at radius 2 is 1.81 bits per heavy atom. The molecule has 0 aliphatic rings. The molecule has 1 aromatic rings. The van der Waals surface area contributed by atoms with E-state index < -0.39 is 0 Å². The summed E-state index contributed by atoms with van der Waals surface area (Å²) in [6, 6.07) is 5.39. The van der Waals surface area contributed by atoms with Crippen LogP contribution in [0.15, 0.2) is 40.9 Å². The van der Waals surface area contributed by atoms with Gasteiger partial charge in [0, 0.05) is 25.8 Å². The zero-order valence-electron chi connectivity index (χ0n) is 16.1. The summed E-state index contributed by atoms with van der Waals surface area (Å²) in [5, 5.41) is 20.6. The third kappa shape index (κ3) is 7.62. The minimum Gasteiger partial charge on any atom is -0.379 e. The lowest BCUT2D eigenvalue weighted by Gasteiger charge is -2.18. The highest BCUT2D eigenvalue weighted by Gasteiger charge is 2.14. The van der Waals surface area contributed by atoms with Crippen LogP contribution < -0.4 is 21.3 Å². The molecule has 0 saturated heterocycles. The first-order valence-corrected chi connectivity index (χ1v) is 9.32. The second-order valence-electron chi connectivity index (χ2n) is 6.16. The number of halogens is 2. The van der Waals surface area contributed by atoms with Crippen molar-refractivity contribution in [1.82, 2.24) is 21.3 Å². The molecule has 1 aromatic carbocycles. The van der Waals surface area contributed by atoms with Gasteiger partial charge in [-0.25, -0.2) is 0 Å². The van der Waals surface area contributed by atoms with Gasteiger partial charge in [0.2, 0.25) is 0 Å². The van der Waals surface area contributed by atoms with E-state index in [0.29, 0.717) is 46.8 Å². The van der Waals surface area contributed by atoms with E-state index in [1.165, 1.54) is 0 Å². The second-order valence-corrected chi connectivity index (χ2v) is 6.98. The topological polar surface area (TPSA) is 89.0 Å². The molecule has 0 aliphatic heterocycles. The molecule has 0 bridgehead atoms. The van der Waals surface area contributed by atoms with Gasteiger partial charge >= 0.3 is 0 Å². The van der Waals surface area contributed by atoms with Crippen LogP contribution in [0.25, 0.3) is 0 Å². The third-order valence-electron chi connectivity index (χ3n) is 3.71. The van der Waals surface area contributed by atoms with E-state index in [9.17, 15) is 4.79 Å². The van der Waals surface area contributed by atoms with Crippen LogP contribution in [-0.4, -0.2) is 32.3 Å². The van der Waals surface area contributed by atoms with Crippen LogP contribution in [0.3, 0.4) is 0 Å². The predicted molar refractivity (Wildman–Crippen MR) is 113 cm³/mol. The Balaban J connectivity index is 2.85. The van der Waals surface area contributed by atoms with Crippen LogP contribution >= 0.6 is 23.2 Å². The maximum absolute atomic E-state index is 12.7. The molecule has 0 atom stereocenters. The van der Waals surface area contributed by atoms with Crippen molar-refractivity contribution in [3.63, 3.8) is 0 Å². The van der Waals surface area contributed by atoms with Gasteiger partial charge in [0.1, 0.15) is 11.5 Å². The number of hydrogen-bond acceptors (Lipinski definition) is 5. The normalized spacial score (nSPS) is 11.3. The van der Waals surface area contributed by atoms with E-state index in [1.54, 1.807) is 19.1 Å². The summed E-state index contributed by atoms with van der Waals surface area (Å²) in [5.41, 5.74) is 2.79. The molecule has 0 spiro atoms. The largest absolute Gasteiger partial charge is 0.379 e. The first-order valence-electron chi connectivity index (χ1n) is 8.56. The molecule has 0 fully saturated rings. The first-order chi connectivity index (χ1) is 12.8. The molecule has 148 valence electrons. The number of likely N-dealkylation sites (N-methyl/N-ethyl adjacent to an activating group) is 1. The number of allylic oxidation sites excluding steroid dienone is 2. The van der Waals surface area contributed by atoms with Crippen LogP contribution in [0.5, 0.6) is 0 Å². The lowest BCUT2D eigenvalue weighted by atomic mass is 10.2. The van der Waals surface area contributed by atoms with Crippen LogP contribution in [0.2, 0.25) is 10.0 Å². The van der Waals surface area contributed by atoms with Gasteiger partial charge in [0.15, 0.2) is 0 Å². The highest BCUT2D eigenvalue weighted by Crippen LogP contribution is 2.22. The highest BCUT2D eigenvalue weighted by atomic mass is 35.5. The molecule has 0 radical (unpaired) electrons. The fourth-order valence-corrected chi connectivity index (χ4v) is 2.47. The highest BCUT2D eigenvalue weighted by molar-refractivity contribution is 6.42. The van der Waals surface area contributed by atoms with E-state index in [1.807, 2.05) is 27.0 Å². The van der Waals surface area contributed by atoms with Crippen LogP contribution in [-0.2, 0) is 11.3 Å². The molecule has 1 amide bonds. The number of carbonyl (C=O) groups is 1. The fraction of sp³-hybridized carbons (Fsp3) is 0.368. The zero-order chi connectivity index (χ0) is 20.4. The lowest BCUT2D eigenvalue weighted by Crippen LogP contribution is -2.38. The molecule has 27 heavy (non-hydrogen) atoms. The molecule has 6 nitrogen and oxygen atoms in total. The standard InChI is InChI=1S/C19H27Cl2N5O/c1-12(2)18(25-11-14-5-6-15(20)16(21)9-14)26-19(27)17(13(3)10-22)24-8-7-23-4/h5-6,9-10,22-25H,7-8,11H2,1-4H3,(H,26,27)/b17-13-,22-10?. The summed E-state index contributed by atoms with van der Waals surface area (Å²) < 4.78 is 0. The number of carbonyl (C=O) groups excluding carboxylic acids is 1. The SMILES string of the molecule is CNCCN/C(C(=O)NC(NCc1ccc(Cl)c(Cl)c1)=C(C)C)=C(/C)C=N. The van der Waals surface area contributed by atoms with Gasteiger partial charge in [-0.05, 0) is 56.7 Å². The number of amides is 1. The Morgan fingerprint density at radius 1 is 1.11 bits per heavy atom. The zero-order valence-corrected chi connectivity index (χ0v) is 17.6. The average Bonchev–Trinajstić information content (AvgIpc) is 2.64.